The van der Waals surface area contributed by atoms with Crippen molar-refractivity contribution in [2.75, 3.05) is 6.54 Å². The lowest BCUT2D eigenvalue weighted by Gasteiger charge is -2.16. The number of carbonyl (C=O) groups is 1. The zero-order chi connectivity index (χ0) is 12.1. The van der Waals surface area contributed by atoms with Crippen LogP contribution in [0.15, 0.2) is 18.2 Å². The van der Waals surface area contributed by atoms with Gasteiger partial charge in [-0.3, -0.25) is 4.79 Å². The number of hydrogen-bond donors (Lipinski definition) is 2. The third-order valence-electron chi connectivity index (χ3n) is 2.14. The Morgan fingerprint density at radius 3 is 2.38 bits per heavy atom. The molecule has 88 valence electrons. The quantitative estimate of drug-likeness (QED) is 0.802. The van der Waals surface area contributed by atoms with E-state index >= 15 is 0 Å². The fourth-order valence-electron chi connectivity index (χ4n) is 1.53. The fraction of sp³-hybridized carbons (Fsp3) is 0.364. The van der Waals surface area contributed by atoms with Crippen LogP contribution in [0.4, 0.5) is 8.78 Å². The zero-order valence-corrected chi connectivity index (χ0v) is 8.97. The predicted molar refractivity (Wildman–Crippen MR) is 56.6 cm³/mol. The van der Waals surface area contributed by atoms with Crippen molar-refractivity contribution < 1.29 is 13.6 Å². The van der Waals surface area contributed by atoms with Crippen LogP contribution in [-0.4, -0.2) is 12.5 Å². The van der Waals surface area contributed by atoms with Crippen molar-refractivity contribution in [2.24, 2.45) is 5.73 Å². The highest BCUT2D eigenvalue weighted by Crippen LogP contribution is 2.19. The summed E-state index contributed by atoms with van der Waals surface area (Å²) in [4.78, 5) is 10.8. The van der Waals surface area contributed by atoms with Gasteiger partial charge < -0.3 is 11.1 Å². The minimum absolute atomic E-state index is 0.0106. The summed E-state index contributed by atoms with van der Waals surface area (Å²) in [5.74, 6) is -1.85. The van der Waals surface area contributed by atoms with Gasteiger partial charge >= 0.3 is 0 Å². The molecule has 0 heterocycles. The van der Waals surface area contributed by atoms with Crippen LogP contribution in [0.2, 0.25) is 0 Å². The molecule has 0 aliphatic rings. The van der Waals surface area contributed by atoms with Crippen molar-refractivity contribution >= 4 is 5.91 Å². The smallest absolute Gasteiger partial charge is 0.219 e. The predicted octanol–water partition coefficient (Wildman–Crippen LogP) is 1.49. The third kappa shape index (κ3) is 3.58. The first-order valence-electron chi connectivity index (χ1n) is 5.00. The molecule has 0 radical (unpaired) electrons. The summed E-state index contributed by atoms with van der Waals surface area (Å²) < 4.78 is 26.0. The molecular formula is C11H14F2N2O. The maximum atomic E-state index is 13.0. The van der Waals surface area contributed by atoms with E-state index in [0.29, 0.717) is 12.1 Å². The Labute approximate surface area is 92.6 Å². The van der Waals surface area contributed by atoms with Crippen molar-refractivity contribution in [3.8, 4) is 0 Å². The first kappa shape index (κ1) is 12.6. The number of rotatable bonds is 5. The third-order valence-corrected chi connectivity index (χ3v) is 2.14. The van der Waals surface area contributed by atoms with Gasteiger partial charge in [-0.25, -0.2) is 8.78 Å². The van der Waals surface area contributed by atoms with Crippen LogP contribution in [0.5, 0.6) is 0 Å². The Balaban J connectivity index is 2.95. The highest BCUT2D eigenvalue weighted by atomic mass is 19.1. The van der Waals surface area contributed by atoms with E-state index in [1.807, 2.05) is 6.92 Å². The van der Waals surface area contributed by atoms with Crippen molar-refractivity contribution in [1.29, 1.82) is 0 Å². The second-order valence-electron chi connectivity index (χ2n) is 3.48. The second-order valence-corrected chi connectivity index (χ2v) is 3.48. The number of nitrogens with two attached hydrogens (primary N) is 1. The molecule has 0 saturated heterocycles. The number of primary amides is 1. The summed E-state index contributed by atoms with van der Waals surface area (Å²) in [5, 5.41) is 2.95. The van der Waals surface area contributed by atoms with Gasteiger partial charge in [0.15, 0.2) is 0 Å². The second kappa shape index (κ2) is 5.55. The average molecular weight is 228 g/mol. The average Bonchev–Trinajstić information content (AvgIpc) is 2.14. The van der Waals surface area contributed by atoms with E-state index in [-0.39, 0.29) is 6.42 Å². The molecule has 16 heavy (non-hydrogen) atoms. The molecule has 5 heteroatoms. The maximum Gasteiger partial charge on any atom is 0.219 e. The normalized spacial score (nSPS) is 12.4. The van der Waals surface area contributed by atoms with Crippen molar-refractivity contribution in [2.45, 2.75) is 19.4 Å². The van der Waals surface area contributed by atoms with E-state index < -0.39 is 23.6 Å². The first-order valence-corrected chi connectivity index (χ1v) is 5.00. The van der Waals surface area contributed by atoms with Gasteiger partial charge in [0.1, 0.15) is 11.6 Å². The Bertz CT molecular complexity index is 362. The standard InChI is InChI=1S/C11H14F2N2O/c1-2-15-10(6-11(14)16)7-3-8(12)5-9(13)4-7/h3-5,10,15H,2,6H2,1H3,(H2,14,16). The highest BCUT2D eigenvalue weighted by molar-refractivity contribution is 5.74. The van der Waals surface area contributed by atoms with Gasteiger partial charge in [-0.2, -0.15) is 0 Å². The summed E-state index contributed by atoms with van der Waals surface area (Å²) >= 11 is 0. The molecule has 0 saturated carbocycles. The summed E-state index contributed by atoms with van der Waals surface area (Å²) in [5.41, 5.74) is 5.46. The van der Waals surface area contributed by atoms with E-state index in [9.17, 15) is 13.6 Å². The number of halogens is 2. The van der Waals surface area contributed by atoms with Crippen molar-refractivity contribution in [3.05, 3.63) is 35.4 Å². The van der Waals surface area contributed by atoms with Gasteiger partial charge in [-0.15, -0.1) is 0 Å². The van der Waals surface area contributed by atoms with Crippen molar-refractivity contribution in [1.82, 2.24) is 5.32 Å². The Morgan fingerprint density at radius 2 is 1.94 bits per heavy atom. The molecule has 1 rings (SSSR count). The number of benzene rings is 1. The van der Waals surface area contributed by atoms with Crippen LogP contribution in [0.25, 0.3) is 0 Å². The van der Waals surface area contributed by atoms with E-state index in [4.69, 9.17) is 5.73 Å². The van der Waals surface area contributed by atoms with Crippen LogP contribution in [0.3, 0.4) is 0 Å². The van der Waals surface area contributed by atoms with Crippen molar-refractivity contribution in [3.63, 3.8) is 0 Å². The lowest BCUT2D eigenvalue weighted by atomic mass is 10.0. The molecule has 1 aromatic carbocycles. The highest BCUT2D eigenvalue weighted by Gasteiger charge is 2.14. The molecule has 0 aliphatic heterocycles. The van der Waals surface area contributed by atoms with Gasteiger partial charge in [0.25, 0.3) is 0 Å². The van der Waals surface area contributed by atoms with Crippen LogP contribution in [0.1, 0.15) is 24.9 Å². The van der Waals surface area contributed by atoms with Gasteiger partial charge in [0, 0.05) is 18.5 Å². The van der Waals surface area contributed by atoms with E-state index in [1.54, 1.807) is 0 Å². The number of nitrogens with one attached hydrogen (secondary N) is 1. The number of carbonyl (C=O) groups excluding carboxylic acids is 1. The monoisotopic (exact) mass is 228 g/mol. The molecule has 3 nitrogen and oxygen atoms in total. The molecule has 0 fully saturated rings. The summed E-state index contributed by atoms with van der Waals surface area (Å²) in [7, 11) is 0. The largest absolute Gasteiger partial charge is 0.370 e. The minimum Gasteiger partial charge on any atom is -0.370 e. The molecule has 0 spiro atoms. The van der Waals surface area contributed by atoms with Gasteiger partial charge in [-0.05, 0) is 24.2 Å². The van der Waals surface area contributed by atoms with E-state index in [1.165, 1.54) is 12.1 Å². The summed E-state index contributed by atoms with van der Waals surface area (Å²) in [6.45, 7) is 2.42. The Morgan fingerprint density at radius 1 is 1.38 bits per heavy atom. The zero-order valence-electron chi connectivity index (χ0n) is 8.97. The Hall–Kier alpha value is -1.49. The van der Waals surface area contributed by atoms with Gasteiger partial charge in [0.2, 0.25) is 5.91 Å². The number of amides is 1. The van der Waals surface area contributed by atoms with Crippen LogP contribution < -0.4 is 11.1 Å². The first-order chi connectivity index (χ1) is 7.52. The van der Waals surface area contributed by atoms with E-state index in [0.717, 1.165) is 6.07 Å². The molecule has 0 aromatic heterocycles. The summed E-state index contributed by atoms with van der Waals surface area (Å²) in [6.07, 6.45) is 0.0106. The lowest BCUT2D eigenvalue weighted by Crippen LogP contribution is -2.26. The molecule has 1 amide bonds. The lowest BCUT2D eigenvalue weighted by molar-refractivity contribution is -0.118. The molecule has 3 N–H and O–H groups in total. The number of hydrogen-bond acceptors (Lipinski definition) is 2. The molecule has 1 unspecified atom stereocenters. The van der Waals surface area contributed by atoms with Gasteiger partial charge in [-0.1, -0.05) is 6.92 Å². The Kier molecular flexibility index (Phi) is 4.37. The SMILES string of the molecule is CCNC(CC(N)=O)c1cc(F)cc(F)c1. The fourth-order valence-corrected chi connectivity index (χ4v) is 1.53. The topological polar surface area (TPSA) is 55.1 Å². The van der Waals surface area contributed by atoms with E-state index in [2.05, 4.69) is 5.32 Å². The molecule has 1 atom stereocenters. The molecular weight excluding hydrogens is 214 g/mol. The summed E-state index contributed by atoms with van der Waals surface area (Å²) in [6, 6.07) is 2.72. The van der Waals surface area contributed by atoms with Crippen LogP contribution in [0, 0.1) is 11.6 Å². The maximum absolute atomic E-state index is 13.0. The van der Waals surface area contributed by atoms with Crippen LogP contribution in [-0.2, 0) is 4.79 Å². The van der Waals surface area contributed by atoms with Crippen LogP contribution >= 0.6 is 0 Å². The minimum atomic E-state index is -0.664. The van der Waals surface area contributed by atoms with Gasteiger partial charge in [0.05, 0.1) is 0 Å². The molecule has 0 aliphatic carbocycles. The molecule has 0 bridgehead atoms. The molecule has 1 aromatic rings.